The van der Waals surface area contributed by atoms with Crippen molar-refractivity contribution < 1.29 is 9.53 Å². The molecule has 6 heteroatoms. The first-order valence-corrected chi connectivity index (χ1v) is 8.47. The lowest BCUT2D eigenvalue weighted by Gasteiger charge is -2.17. The van der Waals surface area contributed by atoms with Crippen LogP contribution in [0.5, 0.6) is 5.75 Å². The number of nitrogens with zero attached hydrogens (tertiary/aromatic N) is 4. The van der Waals surface area contributed by atoms with Gasteiger partial charge < -0.3 is 18.8 Å². The summed E-state index contributed by atoms with van der Waals surface area (Å²) in [6.45, 7) is 4.44. The van der Waals surface area contributed by atoms with Gasteiger partial charge in [0.1, 0.15) is 11.6 Å². The first-order chi connectivity index (χ1) is 12.4. The molecule has 0 N–H and O–H groups in total. The van der Waals surface area contributed by atoms with Crippen LogP contribution in [0.1, 0.15) is 27.6 Å². The third-order valence-corrected chi connectivity index (χ3v) is 4.64. The Labute approximate surface area is 153 Å². The highest BCUT2D eigenvalue weighted by Crippen LogP contribution is 2.23. The number of hydrogen-bond donors (Lipinski definition) is 0. The number of methoxy groups -OCH3 is 1. The van der Waals surface area contributed by atoms with Gasteiger partial charge in [0.15, 0.2) is 0 Å². The number of rotatable bonds is 5. The van der Waals surface area contributed by atoms with Crippen LogP contribution in [-0.4, -0.2) is 39.1 Å². The van der Waals surface area contributed by atoms with Gasteiger partial charge in [0.2, 0.25) is 0 Å². The van der Waals surface area contributed by atoms with E-state index in [1.165, 1.54) is 0 Å². The Bertz CT molecular complexity index is 922. The van der Waals surface area contributed by atoms with Gasteiger partial charge in [-0.15, -0.1) is 0 Å². The summed E-state index contributed by atoms with van der Waals surface area (Å²) in [6, 6.07) is 9.76. The Morgan fingerprint density at radius 2 is 1.92 bits per heavy atom. The van der Waals surface area contributed by atoms with Gasteiger partial charge in [-0.05, 0) is 44.2 Å². The molecule has 0 saturated carbocycles. The lowest BCUT2D eigenvalue weighted by molar-refractivity contribution is 0.0780. The quantitative estimate of drug-likeness (QED) is 0.709. The van der Waals surface area contributed by atoms with Crippen molar-refractivity contribution in [3.8, 4) is 11.4 Å². The van der Waals surface area contributed by atoms with Gasteiger partial charge in [0.05, 0.1) is 19.2 Å². The van der Waals surface area contributed by atoms with E-state index < -0.39 is 0 Å². The predicted molar refractivity (Wildman–Crippen MR) is 101 cm³/mol. The van der Waals surface area contributed by atoms with Crippen molar-refractivity contribution in [3.63, 3.8) is 0 Å². The van der Waals surface area contributed by atoms with E-state index in [2.05, 4.69) is 9.55 Å². The molecule has 1 amide bonds. The summed E-state index contributed by atoms with van der Waals surface area (Å²) in [6.07, 6.45) is 3.62. The fourth-order valence-electron chi connectivity index (χ4n) is 3.15. The number of hydrogen-bond acceptors (Lipinski definition) is 3. The molecule has 0 atom stereocenters. The van der Waals surface area contributed by atoms with E-state index in [1.807, 2.05) is 62.0 Å². The smallest absolute Gasteiger partial charge is 0.255 e. The normalized spacial score (nSPS) is 10.8. The van der Waals surface area contributed by atoms with Crippen LogP contribution < -0.4 is 4.74 Å². The SMILES string of the molecule is COc1ccc(-n2c(C)cc(C(=O)N(C)Cc3nccn3C)c2C)cc1. The summed E-state index contributed by atoms with van der Waals surface area (Å²) < 4.78 is 9.23. The number of imidazole rings is 1. The van der Waals surface area contributed by atoms with Gasteiger partial charge in [0.25, 0.3) is 5.91 Å². The fraction of sp³-hybridized carbons (Fsp3) is 0.300. The third kappa shape index (κ3) is 3.22. The molecule has 2 heterocycles. The van der Waals surface area contributed by atoms with Gasteiger partial charge in [-0.3, -0.25) is 4.79 Å². The molecule has 0 aliphatic rings. The fourth-order valence-corrected chi connectivity index (χ4v) is 3.15. The lowest BCUT2D eigenvalue weighted by Crippen LogP contribution is -2.27. The van der Waals surface area contributed by atoms with Crippen molar-refractivity contribution in [2.45, 2.75) is 20.4 Å². The molecule has 0 bridgehead atoms. The molecule has 0 spiro atoms. The zero-order chi connectivity index (χ0) is 18.8. The van der Waals surface area contributed by atoms with E-state index >= 15 is 0 Å². The topological polar surface area (TPSA) is 52.3 Å². The van der Waals surface area contributed by atoms with Crippen LogP contribution in [0.4, 0.5) is 0 Å². The number of aryl methyl sites for hydroxylation is 2. The highest BCUT2D eigenvalue weighted by atomic mass is 16.5. The van der Waals surface area contributed by atoms with Crippen LogP contribution in [0.3, 0.4) is 0 Å². The maximum atomic E-state index is 13.0. The van der Waals surface area contributed by atoms with Crippen LogP contribution in [0.2, 0.25) is 0 Å². The molecule has 0 aliphatic heterocycles. The molecule has 0 fully saturated rings. The summed E-state index contributed by atoms with van der Waals surface area (Å²) in [4.78, 5) is 18.9. The standard InChI is InChI=1S/C20H24N4O2/c1-14-12-18(20(25)23(4)13-19-21-10-11-22(19)3)15(2)24(14)16-6-8-17(26-5)9-7-16/h6-12H,13H2,1-5H3. The molecule has 3 rings (SSSR count). The lowest BCUT2D eigenvalue weighted by atomic mass is 10.2. The number of ether oxygens (including phenoxy) is 1. The van der Waals surface area contributed by atoms with Crippen LogP contribution in [0, 0.1) is 13.8 Å². The molecule has 6 nitrogen and oxygen atoms in total. The van der Waals surface area contributed by atoms with E-state index in [4.69, 9.17) is 4.74 Å². The molecular formula is C20H24N4O2. The van der Waals surface area contributed by atoms with Crippen LogP contribution in [0.15, 0.2) is 42.7 Å². The molecule has 0 aliphatic carbocycles. The maximum absolute atomic E-state index is 13.0. The Hall–Kier alpha value is -3.02. The predicted octanol–water partition coefficient (Wildman–Crippen LogP) is 3.11. The van der Waals surface area contributed by atoms with Crippen molar-refractivity contribution in [3.05, 3.63) is 65.5 Å². The molecule has 1 aromatic carbocycles. The minimum absolute atomic E-state index is 0.0131. The summed E-state index contributed by atoms with van der Waals surface area (Å²) in [5.41, 5.74) is 3.65. The maximum Gasteiger partial charge on any atom is 0.255 e. The first-order valence-electron chi connectivity index (χ1n) is 8.47. The van der Waals surface area contributed by atoms with Crippen molar-refractivity contribution in [2.75, 3.05) is 14.2 Å². The highest BCUT2D eigenvalue weighted by molar-refractivity contribution is 5.95. The second-order valence-corrected chi connectivity index (χ2v) is 6.43. The van der Waals surface area contributed by atoms with Gasteiger partial charge in [-0.1, -0.05) is 0 Å². The van der Waals surface area contributed by atoms with Gasteiger partial charge in [-0.25, -0.2) is 4.98 Å². The monoisotopic (exact) mass is 352 g/mol. The zero-order valence-corrected chi connectivity index (χ0v) is 15.9. The molecule has 0 unspecified atom stereocenters. The summed E-state index contributed by atoms with van der Waals surface area (Å²) in [7, 11) is 5.38. The van der Waals surface area contributed by atoms with E-state index in [0.717, 1.165) is 28.6 Å². The molecule has 136 valence electrons. The minimum Gasteiger partial charge on any atom is -0.497 e. The first kappa shape index (κ1) is 17.8. The van der Waals surface area contributed by atoms with Gasteiger partial charge in [-0.2, -0.15) is 0 Å². The van der Waals surface area contributed by atoms with Crippen LogP contribution in [-0.2, 0) is 13.6 Å². The third-order valence-electron chi connectivity index (χ3n) is 4.64. The summed E-state index contributed by atoms with van der Waals surface area (Å²) in [5, 5.41) is 0. The number of carbonyl (C=O) groups is 1. The molecule has 3 aromatic rings. The van der Waals surface area contributed by atoms with E-state index in [1.54, 1.807) is 25.3 Å². The van der Waals surface area contributed by atoms with E-state index in [0.29, 0.717) is 12.1 Å². The average molecular weight is 352 g/mol. The van der Waals surface area contributed by atoms with Crippen LogP contribution in [0.25, 0.3) is 5.69 Å². The van der Waals surface area contributed by atoms with E-state index in [9.17, 15) is 4.79 Å². The van der Waals surface area contributed by atoms with Crippen molar-refractivity contribution in [1.82, 2.24) is 19.0 Å². The average Bonchev–Trinajstić information content (AvgIpc) is 3.17. The number of benzene rings is 1. The Morgan fingerprint density at radius 1 is 1.23 bits per heavy atom. The molecule has 0 radical (unpaired) electrons. The second-order valence-electron chi connectivity index (χ2n) is 6.43. The Kier molecular flexibility index (Phi) is 4.84. The molecule has 26 heavy (non-hydrogen) atoms. The van der Waals surface area contributed by atoms with Crippen molar-refractivity contribution >= 4 is 5.91 Å². The van der Waals surface area contributed by atoms with E-state index in [-0.39, 0.29) is 5.91 Å². The summed E-state index contributed by atoms with van der Waals surface area (Å²) >= 11 is 0. The minimum atomic E-state index is -0.0131. The number of amides is 1. The molecular weight excluding hydrogens is 328 g/mol. The second kappa shape index (κ2) is 7.07. The largest absolute Gasteiger partial charge is 0.497 e. The number of aromatic nitrogens is 3. The Balaban J connectivity index is 1.88. The van der Waals surface area contributed by atoms with Crippen molar-refractivity contribution in [2.24, 2.45) is 7.05 Å². The summed E-state index contributed by atoms with van der Waals surface area (Å²) in [5.74, 6) is 1.65. The van der Waals surface area contributed by atoms with Gasteiger partial charge >= 0.3 is 0 Å². The van der Waals surface area contributed by atoms with Gasteiger partial charge in [0, 0.05) is 43.6 Å². The zero-order valence-electron chi connectivity index (χ0n) is 15.9. The van der Waals surface area contributed by atoms with Crippen LogP contribution >= 0.6 is 0 Å². The molecule has 2 aromatic heterocycles. The van der Waals surface area contributed by atoms with Crippen molar-refractivity contribution in [1.29, 1.82) is 0 Å². The number of carbonyl (C=O) groups excluding carboxylic acids is 1. The Morgan fingerprint density at radius 3 is 2.50 bits per heavy atom. The molecule has 0 saturated heterocycles. The highest BCUT2D eigenvalue weighted by Gasteiger charge is 2.20.